The molecule has 2 heterocycles. The molecule has 0 saturated carbocycles. The molecule has 0 saturated heterocycles. The van der Waals surface area contributed by atoms with Crippen molar-refractivity contribution in [2.75, 3.05) is 5.73 Å². The Morgan fingerprint density at radius 2 is 1.80 bits per heavy atom. The van der Waals surface area contributed by atoms with E-state index in [0.717, 1.165) is 11.3 Å². The molecule has 5 heteroatoms. The number of pyridine rings is 2. The van der Waals surface area contributed by atoms with E-state index in [2.05, 4.69) is 9.97 Å². The average molecular weight is 281 g/mol. The summed E-state index contributed by atoms with van der Waals surface area (Å²) in [6, 6.07) is 15.4. The van der Waals surface area contributed by atoms with Crippen LogP contribution in [0.4, 0.5) is 5.82 Å². The molecule has 0 spiro atoms. The highest BCUT2D eigenvalue weighted by atomic mass is 35.5. The van der Waals surface area contributed by atoms with Gasteiger partial charge in [0, 0.05) is 10.9 Å². The minimum absolute atomic E-state index is 0.0789. The van der Waals surface area contributed by atoms with Gasteiger partial charge >= 0.3 is 0 Å². The minimum Gasteiger partial charge on any atom is -0.383 e. The van der Waals surface area contributed by atoms with Gasteiger partial charge in [-0.1, -0.05) is 41.9 Å². The van der Waals surface area contributed by atoms with Gasteiger partial charge in [-0.2, -0.15) is 5.26 Å². The van der Waals surface area contributed by atoms with E-state index in [-0.39, 0.29) is 16.5 Å². The Hall–Kier alpha value is -2.64. The summed E-state index contributed by atoms with van der Waals surface area (Å²) in [5, 5.41) is 9.92. The third-order valence-electron chi connectivity index (χ3n) is 3.01. The van der Waals surface area contributed by atoms with Crippen molar-refractivity contribution in [3.05, 3.63) is 53.2 Å². The second-order valence-corrected chi connectivity index (χ2v) is 4.59. The Labute approximate surface area is 120 Å². The third-order valence-corrected chi connectivity index (χ3v) is 3.29. The largest absolute Gasteiger partial charge is 0.383 e. The highest BCUT2D eigenvalue weighted by molar-refractivity contribution is 6.31. The van der Waals surface area contributed by atoms with Gasteiger partial charge in [0.1, 0.15) is 17.5 Å². The Bertz CT molecular complexity index is 838. The van der Waals surface area contributed by atoms with Crippen molar-refractivity contribution in [3.8, 4) is 17.3 Å². The predicted molar refractivity (Wildman–Crippen MR) is 79.1 cm³/mol. The summed E-state index contributed by atoms with van der Waals surface area (Å²) in [7, 11) is 0. The predicted octanol–water partition coefficient (Wildman–Crippen LogP) is 3.40. The zero-order chi connectivity index (χ0) is 14.1. The van der Waals surface area contributed by atoms with Crippen LogP contribution in [-0.4, -0.2) is 9.97 Å². The smallest absolute Gasteiger partial charge is 0.151 e. The number of nitrogen functional groups attached to an aromatic ring is 1. The van der Waals surface area contributed by atoms with Crippen LogP contribution in [-0.2, 0) is 0 Å². The average Bonchev–Trinajstić information content (AvgIpc) is 2.48. The van der Waals surface area contributed by atoms with E-state index in [0.29, 0.717) is 10.9 Å². The van der Waals surface area contributed by atoms with Crippen molar-refractivity contribution in [1.82, 2.24) is 9.97 Å². The number of nitrogens with two attached hydrogens (primary N) is 1. The molecule has 0 amide bonds. The number of benzene rings is 1. The molecule has 20 heavy (non-hydrogen) atoms. The third kappa shape index (κ3) is 1.94. The van der Waals surface area contributed by atoms with Gasteiger partial charge < -0.3 is 5.73 Å². The molecule has 2 aromatic heterocycles. The summed E-state index contributed by atoms with van der Waals surface area (Å²) in [6.45, 7) is 0. The van der Waals surface area contributed by atoms with Crippen molar-refractivity contribution in [2.24, 2.45) is 0 Å². The van der Waals surface area contributed by atoms with Crippen LogP contribution >= 0.6 is 11.6 Å². The zero-order valence-corrected chi connectivity index (χ0v) is 11.1. The molecule has 0 radical (unpaired) electrons. The van der Waals surface area contributed by atoms with Gasteiger partial charge in [-0.15, -0.1) is 0 Å². The maximum atomic E-state index is 9.21. The highest BCUT2D eigenvalue weighted by Crippen LogP contribution is 2.29. The summed E-state index contributed by atoms with van der Waals surface area (Å²) in [5.74, 6) is 0.274. The SMILES string of the molecule is N#Cc1c(Cl)nc(N)c2ccc(-c3ccccc3)nc12. The van der Waals surface area contributed by atoms with Gasteiger partial charge in [0.2, 0.25) is 0 Å². The second kappa shape index (κ2) is 4.80. The zero-order valence-electron chi connectivity index (χ0n) is 10.3. The minimum atomic E-state index is 0.0789. The van der Waals surface area contributed by atoms with Crippen LogP contribution in [0.15, 0.2) is 42.5 Å². The number of fused-ring (bicyclic) bond motifs is 1. The van der Waals surface area contributed by atoms with Crippen LogP contribution < -0.4 is 5.73 Å². The standard InChI is InChI=1S/C15H9ClN4/c16-14-11(8-17)13-10(15(18)20-14)6-7-12(19-13)9-4-2-1-3-5-9/h1-7H,(H2,18,20). The Morgan fingerprint density at radius 3 is 2.50 bits per heavy atom. The summed E-state index contributed by atoms with van der Waals surface area (Å²) in [5.41, 5.74) is 8.27. The summed E-state index contributed by atoms with van der Waals surface area (Å²) < 4.78 is 0. The lowest BCUT2D eigenvalue weighted by molar-refractivity contribution is 1.30. The maximum absolute atomic E-state index is 9.21. The first-order valence-corrected chi connectivity index (χ1v) is 6.30. The molecule has 0 unspecified atom stereocenters. The van der Waals surface area contributed by atoms with E-state index in [1.54, 1.807) is 0 Å². The Kier molecular flexibility index (Phi) is 2.97. The van der Waals surface area contributed by atoms with Crippen LogP contribution in [0.25, 0.3) is 22.2 Å². The van der Waals surface area contributed by atoms with Crippen molar-refractivity contribution >= 4 is 28.3 Å². The number of hydrogen-bond donors (Lipinski definition) is 1. The summed E-state index contributed by atoms with van der Waals surface area (Å²) in [6.07, 6.45) is 0. The molecule has 4 nitrogen and oxygen atoms in total. The molecule has 96 valence electrons. The summed E-state index contributed by atoms with van der Waals surface area (Å²) in [4.78, 5) is 8.47. The van der Waals surface area contributed by atoms with Gasteiger partial charge in [0.15, 0.2) is 5.15 Å². The van der Waals surface area contributed by atoms with E-state index < -0.39 is 0 Å². The first-order chi connectivity index (χ1) is 9.70. The molecule has 3 aromatic rings. The van der Waals surface area contributed by atoms with Crippen molar-refractivity contribution in [1.29, 1.82) is 5.26 Å². The fraction of sp³-hybridized carbons (Fsp3) is 0. The van der Waals surface area contributed by atoms with Crippen LogP contribution in [0.1, 0.15) is 5.56 Å². The second-order valence-electron chi connectivity index (χ2n) is 4.23. The molecule has 0 aliphatic heterocycles. The van der Waals surface area contributed by atoms with E-state index in [9.17, 15) is 5.26 Å². The Morgan fingerprint density at radius 1 is 1.05 bits per heavy atom. The van der Waals surface area contributed by atoms with Gasteiger partial charge in [-0.25, -0.2) is 9.97 Å². The molecule has 0 atom stereocenters. The monoisotopic (exact) mass is 280 g/mol. The number of rotatable bonds is 1. The normalized spacial score (nSPS) is 10.4. The van der Waals surface area contributed by atoms with Crippen molar-refractivity contribution in [2.45, 2.75) is 0 Å². The van der Waals surface area contributed by atoms with Crippen LogP contribution in [0, 0.1) is 11.3 Å². The van der Waals surface area contributed by atoms with Gasteiger partial charge in [0.05, 0.1) is 11.2 Å². The molecule has 0 bridgehead atoms. The molecular formula is C15H9ClN4. The fourth-order valence-corrected chi connectivity index (χ4v) is 2.27. The lowest BCUT2D eigenvalue weighted by Crippen LogP contribution is -1.98. The van der Waals surface area contributed by atoms with Gasteiger partial charge in [-0.05, 0) is 12.1 Å². The highest BCUT2D eigenvalue weighted by Gasteiger charge is 2.13. The van der Waals surface area contributed by atoms with E-state index in [4.69, 9.17) is 17.3 Å². The number of nitrogens with zero attached hydrogens (tertiary/aromatic N) is 3. The van der Waals surface area contributed by atoms with Gasteiger partial charge in [-0.3, -0.25) is 0 Å². The number of anilines is 1. The molecule has 1 aromatic carbocycles. The number of aromatic nitrogens is 2. The summed E-state index contributed by atoms with van der Waals surface area (Å²) >= 11 is 5.95. The number of nitriles is 1. The number of halogens is 1. The lowest BCUT2D eigenvalue weighted by atomic mass is 10.1. The molecule has 0 aliphatic carbocycles. The molecule has 2 N–H and O–H groups in total. The van der Waals surface area contributed by atoms with E-state index in [1.165, 1.54) is 0 Å². The van der Waals surface area contributed by atoms with Gasteiger partial charge in [0.25, 0.3) is 0 Å². The van der Waals surface area contributed by atoms with E-state index >= 15 is 0 Å². The molecular weight excluding hydrogens is 272 g/mol. The van der Waals surface area contributed by atoms with E-state index in [1.807, 2.05) is 48.5 Å². The first kappa shape index (κ1) is 12.4. The topological polar surface area (TPSA) is 75.6 Å². The molecule has 3 rings (SSSR count). The van der Waals surface area contributed by atoms with Crippen molar-refractivity contribution in [3.63, 3.8) is 0 Å². The fourth-order valence-electron chi connectivity index (χ4n) is 2.04. The van der Waals surface area contributed by atoms with Crippen molar-refractivity contribution < 1.29 is 0 Å². The lowest BCUT2D eigenvalue weighted by Gasteiger charge is -2.07. The molecule has 0 aliphatic rings. The first-order valence-electron chi connectivity index (χ1n) is 5.92. The molecule has 0 fully saturated rings. The Balaban J connectivity index is 2.33. The van der Waals surface area contributed by atoms with Crippen LogP contribution in [0.5, 0.6) is 0 Å². The number of hydrogen-bond acceptors (Lipinski definition) is 4. The maximum Gasteiger partial charge on any atom is 0.151 e. The van der Waals surface area contributed by atoms with Crippen LogP contribution in [0.3, 0.4) is 0 Å². The quantitative estimate of drug-likeness (QED) is 0.693. The van der Waals surface area contributed by atoms with Crippen LogP contribution in [0.2, 0.25) is 5.15 Å².